The normalized spacial score (nSPS) is 17.5. The quantitative estimate of drug-likeness (QED) is 0.568. The lowest BCUT2D eigenvalue weighted by Gasteiger charge is -2.29. The largest absolute Gasteiger partial charge is 0.383 e. The first-order valence-electron chi connectivity index (χ1n) is 7.64. The fourth-order valence-electron chi connectivity index (χ4n) is 2.54. The van der Waals surface area contributed by atoms with Gasteiger partial charge in [-0.05, 0) is 58.9 Å². The van der Waals surface area contributed by atoms with Gasteiger partial charge in [-0.25, -0.2) is 0 Å². The van der Waals surface area contributed by atoms with Gasteiger partial charge in [-0.15, -0.1) is 0 Å². The Bertz CT molecular complexity index is 292. The third-order valence-corrected chi connectivity index (χ3v) is 4.26. The number of unbranched alkanes of at least 4 members (excludes halogenated alkanes) is 1. The molecule has 110 valence electrons. The maximum Gasteiger partial charge on any atom is 0.0683 e. The summed E-state index contributed by atoms with van der Waals surface area (Å²) in [6.07, 6.45) is 6.12. The minimum absolute atomic E-state index is 0.167. The summed E-state index contributed by atoms with van der Waals surface area (Å²) in [5, 5.41) is 9.01. The minimum Gasteiger partial charge on any atom is -0.383 e. The second-order valence-electron chi connectivity index (χ2n) is 6.56. The van der Waals surface area contributed by atoms with Crippen LogP contribution in [0.25, 0.3) is 0 Å². The highest BCUT2D eigenvalue weighted by molar-refractivity contribution is 4.91. The highest BCUT2D eigenvalue weighted by atomic mass is 16.5. The fourth-order valence-corrected chi connectivity index (χ4v) is 2.54. The standard InChI is InChI=1S/C16H30N2O/c1-14(15-7-8-15)18(11-12-19-4)10-6-5-9-16(2,3)13-17/h14-15H,5-12H2,1-4H3. The number of nitrogens with zero attached hydrogens (tertiary/aromatic N) is 2. The number of methoxy groups -OCH3 is 1. The average Bonchev–Trinajstić information content (AvgIpc) is 3.21. The second-order valence-corrected chi connectivity index (χ2v) is 6.56. The molecule has 1 atom stereocenters. The van der Waals surface area contributed by atoms with Crippen molar-refractivity contribution in [1.29, 1.82) is 5.26 Å². The molecular formula is C16H30N2O. The van der Waals surface area contributed by atoms with Crippen LogP contribution in [0, 0.1) is 22.7 Å². The Kier molecular flexibility index (Phi) is 6.82. The lowest BCUT2D eigenvalue weighted by Crippen LogP contribution is -2.38. The predicted molar refractivity (Wildman–Crippen MR) is 78.9 cm³/mol. The molecule has 1 aliphatic carbocycles. The van der Waals surface area contributed by atoms with E-state index in [2.05, 4.69) is 17.9 Å². The Morgan fingerprint density at radius 1 is 1.32 bits per heavy atom. The molecule has 3 nitrogen and oxygen atoms in total. The zero-order valence-corrected chi connectivity index (χ0v) is 13.1. The van der Waals surface area contributed by atoms with Crippen molar-refractivity contribution in [3.8, 4) is 6.07 Å². The van der Waals surface area contributed by atoms with E-state index in [0.717, 1.165) is 38.5 Å². The van der Waals surface area contributed by atoms with E-state index in [4.69, 9.17) is 10.00 Å². The van der Waals surface area contributed by atoms with Gasteiger partial charge in [0.25, 0.3) is 0 Å². The molecule has 1 saturated carbocycles. The van der Waals surface area contributed by atoms with Crippen molar-refractivity contribution >= 4 is 0 Å². The van der Waals surface area contributed by atoms with Gasteiger partial charge in [0.1, 0.15) is 0 Å². The Labute approximate surface area is 118 Å². The molecule has 0 aromatic heterocycles. The number of hydrogen-bond donors (Lipinski definition) is 0. The number of hydrogen-bond acceptors (Lipinski definition) is 3. The molecule has 0 bridgehead atoms. The first-order chi connectivity index (χ1) is 9.00. The SMILES string of the molecule is COCCN(CCCCC(C)(C)C#N)C(C)C1CC1. The monoisotopic (exact) mass is 266 g/mol. The zero-order chi connectivity index (χ0) is 14.3. The van der Waals surface area contributed by atoms with Gasteiger partial charge in [0.2, 0.25) is 0 Å². The summed E-state index contributed by atoms with van der Waals surface area (Å²) in [5.41, 5.74) is -0.167. The Hall–Kier alpha value is -0.590. The van der Waals surface area contributed by atoms with Gasteiger partial charge in [0.15, 0.2) is 0 Å². The molecule has 3 heteroatoms. The highest BCUT2D eigenvalue weighted by Gasteiger charge is 2.31. The first kappa shape index (κ1) is 16.5. The van der Waals surface area contributed by atoms with E-state index in [0.29, 0.717) is 6.04 Å². The van der Waals surface area contributed by atoms with Gasteiger partial charge in [0.05, 0.1) is 18.1 Å². The summed E-state index contributed by atoms with van der Waals surface area (Å²) >= 11 is 0. The third kappa shape index (κ3) is 6.40. The Morgan fingerprint density at radius 3 is 2.53 bits per heavy atom. The zero-order valence-electron chi connectivity index (χ0n) is 13.1. The Morgan fingerprint density at radius 2 is 2.00 bits per heavy atom. The van der Waals surface area contributed by atoms with Gasteiger partial charge < -0.3 is 4.74 Å². The van der Waals surface area contributed by atoms with Crippen molar-refractivity contribution in [3.63, 3.8) is 0 Å². The molecule has 0 spiro atoms. The van der Waals surface area contributed by atoms with E-state index in [-0.39, 0.29) is 5.41 Å². The third-order valence-electron chi connectivity index (χ3n) is 4.26. The van der Waals surface area contributed by atoms with Crippen LogP contribution >= 0.6 is 0 Å². The van der Waals surface area contributed by atoms with Crippen LogP contribution < -0.4 is 0 Å². The van der Waals surface area contributed by atoms with E-state index in [1.165, 1.54) is 19.3 Å². The first-order valence-corrected chi connectivity index (χ1v) is 7.64. The van der Waals surface area contributed by atoms with Gasteiger partial charge in [-0.3, -0.25) is 4.90 Å². The Balaban J connectivity index is 2.26. The molecule has 19 heavy (non-hydrogen) atoms. The summed E-state index contributed by atoms with van der Waals surface area (Å²) < 4.78 is 5.22. The molecule has 0 saturated heterocycles. The van der Waals surface area contributed by atoms with Crippen LogP contribution in [-0.2, 0) is 4.74 Å². The lowest BCUT2D eigenvalue weighted by atomic mass is 9.89. The maximum absolute atomic E-state index is 9.01. The molecule has 0 aromatic rings. The van der Waals surface area contributed by atoms with Crippen molar-refractivity contribution in [2.75, 3.05) is 26.8 Å². The molecule has 1 aliphatic rings. The van der Waals surface area contributed by atoms with E-state index >= 15 is 0 Å². The van der Waals surface area contributed by atoms with Crippen molar-refractivity contribution in [2.45, 2.75) is 58.9 Å². The molecule has 0 radical (unpaired) electrons. The van der Waals surface area contributed by atoms with Crippen molar-refractivity contribution in [3.05, 3.63) is 0 Å². The second kappa shape index (κ2) is 7.87. The van der Waals surface area contributed by atoms with Crippen LogP contribution in [0.3, 0.4) is 0 Å². The van der Waals surface area contributed by atoms with E-state index in [1.807, 2.05) is 13.8 Å². The average molecular weight is 266 g/mol. The molecule has 0 aliphatic heterocycles. The highest BCUT2D eigenvalue weighted by Crippen LogP contribution is 2.35. The van der Waals surface area contributed by atoms with Gasteiger partial charge in [-0.2, -0.15) is 5.26 Å². The predicted octanol–water partition coefficient (Wildman–Crippen LogP) is 3.45. The van der Waals surface area contributed by atoms with Crippen molar-refractivity contribution < 1.29 is 4.74 Å². The van der Waals surface area contributed by atoms with E-state index < -0.39 is 0 Å². The number of ether oxygens (including phenoxy) is 1. The topological polar surface area (TPSA) is 36.3 Å². The smallest absolute Gasteiger partial charge is 0.0683 e. The summed E-state index contributed by atoms with van der Waals surface area (Å²) in [6, 6.07) is 3.07. The molecule has 0 amide bonds. The van der Waals surface area contributed by atoms with Gasteiger partial charge in [0, 0.05) is 19.7 Å². The maximum atomic E-state index is 9.01. The number of rotatable bonds is 10. The molecule has 1 unspecified atom stereocenters. The summed E-state index contributed by atoms with van der Waals surface area (Å²) in [6.45, 7) is 9.41. The molecular weight excluding hydrogens is 236 g/mol. The van der Waals surface area contributed by atoms with Gasteiger partial charge >= 0.3 is 0 Å². The van der Waals surface area contributed by atoms with Gasteiger partial charge in [-0.1, -0.05) is 6.42 Å². The van der Waals surface area contributed by atoms with Crippen LogP contribution in [0.15, 0.2) is 0 Å². The van der Waals surface area contributed by atoms with Crippen molar-refractivity contribution in [2.24, 2.45) is 11.3 Å². The molecule has 1 rings (SSSR count). The van der Waals surface area contributed by atoms with E-state index in [1.54, 1.807) is 7.11 Å². The summed E-state index contributed by atoms with van der Waals surface area (Å²) in [7, 11) is 1.77. The minimum atomic E-state index is -0.167. The van der Waals surface area contributed by atoms with Crippen molar-refractivity contribution in [1.82, 2.24) is 4.90 Å². The fraction of sp³-hybridized carbons (Fsp3) is 0.938. The lowest BCUT2D eigenvalue weighted by molar-refractivity contribution is 0.115. The van der Waals surface area contributed by atoms with Crippen LogP contribution in [0.5, 0.6) is 0 Å². The van der Waals surface area contributed by atoms with Crippen LogP contribution in [0.4, 0.5) is 0 Å². The summed E-state index contributed by atoms with van der Waals surface area (Å²) in [4.78, 5) is 2.57. The van der Waals surface area contributed by atoms with E-state index in [9.17, 15) is 0 Å². The van der Waals surface area contributed by atoms with Crippen LogP contribution in [0.2, 0.25) is 0 Å². The number of nitriles is 1. The summed E-state index contributed by atoms with van der Waals surface area (Å²) in [5.74, 6) is 0.910. The molecule has 0 heterocycles. The molecule has 0 aromatic carbocycles. The van der Waals surface area contributed by atoms with Crippen LogP contribution in [0.1, 0.15) is 52.9 Å². The van der Waals surface area contributed by atoms with Crippen LogP contribution in [-0.4, -0.2) is 37.7 Å². The molecule has 1 fully saturated rings. The molecule has 0 N–H and O–H groups in total.